The molecule has 0 spiro atoms. The molecule has 2 heteroatoms. The van der Waals surface area contributed by atoms with Gasteiger partial charge in [-0.25, -0.2) is 0 Å². The Hall–Kier alpha value is -0.0800. The summed E-state index contributed by atoms with van der Waals surface area (Å²) >= 11 is 0. The van der Waals surface area contributed by atoms with Gasteiger partial charge in [0.2, 0.25) is 0 Å². The summed E-state index contributed by atoms with van der Waals surface area (Å²) in [6, 6.07) is 0. The molecule has 1 fully saturated rings. The Balaban J connectivity index is 2.49. The lowest BCUT2D eigenvalue weighted by Crippen LogP contribution is -2.28. The van der Waals surface area contributed by atoms with E-state index in [1.807, 2.05) is 7.05 Å². The fourth-order valence-electron chi connectivity index (χ4n) is 1.93. The molecule has 0 radical (unpaired) electrons. The van der Waals surface area contributed by atoms with Crippen LogP contribution in [0.1, 0.15) is 20.8 Å². The van der Waals surface area contributed by atoms with E-state index in [1.54, 1.807) is 0 Å². The first-order valence-corrected chi connectivity index (χ1v) is 4.47. The number of ether oxygens (including phenoxy) is 1. The van der Waals surface area contributed by atoms with Crippen molar-refractivity contribution in [3.63, 3.8) is 0 Å². The van der Waals surface area contributed by atoms with Crippen LogP contribution in [0.2, 0.25) is 0 Å². The standard InChI is InChI=1S/C9H19NO/c1-6-7(2)11-8(3)9(6)5-10-4/h6-10H,5H2,1-4H3. The van der Waals surface area contributed by atoms with E-state index in [2.05, 4.69) is 26.1 Å². The average molecular weight is 157 g/mol. The summed E-state index contributed by atoms with van der Waals surface area (Å²) in [7, 11) is 2.00. The molecule has 1 rings (SSSR count). The van der Waals surface area contributed by atoms with Crippen LogP contribution in [0.5, 0.6) is 0 Å². The molecule has 1 N–H and O–H groups in total. The van der Waals surface area contributed by atoms with Crippen LogP contribution in [0.15, 0.2) is 0 Å². The van der Waals surface area contributed by atoms with Gasteiger partial charge in [-0.15, -0.1) is 0 Å². The fourth-order valence-corrected chi connectivity index (χ4v) is 1.93. The molecule has 0 bridgehead atoms. The van der Waals surface area contributed by atoms with Crippen molar-refractivity contribution in [2.24, 2.45) is 11.8 Å². The highest BCUT2D eigenvalue weighted by Crippen LogP contribution is 2.31. The Labute approximate surface area is 69.3 Å². The van der Waals surface area contributed by atoms with Crippen molar-refractivity contribution in [1.82, 2.24) is 5.32 Å². The molecule has 1 aliphatic heterocycles. The lowest BCUT2D eigenvalue weighted by molar-refractivity contribution is 0.0513. The summed E-state index contributed by atoms with van der Waals surface area (Å²) in [5.74, 6) is 1.38. The normalized spacial score (nSPS) is 44.7. The topological polar surface area (TPSA) is 21.3 Å². The van der Waals surface area contributed by atoms with E-state index >= 15 is 0 Å². The van der Waals surface area contributed by atoms with Gasteiger partial charge in [0.25, 0.3) is 0 Å². The number of hydrogen-bond acceptors (Lipinski definition) is 2. The third-order valence-electron chi connectivity index (χ3n) is 2.89. The molecular formula is C9H19NO. The molecule has 4 atom stereocenters. The number of rotatable bonds is 2. The third-order valence-corrected chi connectivity index (χ3v) is 2.89. The maximum absolute atomic E-state index is 5.70. The molecule has 2 nitrogen and oxygen atoms in total. The van der Waals surface area contributed by atoms with Gasteiger partial charge in [-0.3, -0.25) is 0 Å². The Kier molecular flexibility index (Phi) is 2.90. The van der Waals surface area contributed by atoms with E-state index in [0.717, 1.165) is 6.54 Å². The highest BCUT2D eigenvalue weighted by atomic mass is 16.5. The second-order valence-corrected chi connectivity index (χ2v) is 3.63. The summed E-state index contributed by atoms with van der Waals surface area (Å²) < 4.78 is 5.70. The van der Waals surface area contributed by atoms with Gasteiger partial charge in [0.05, 0.1) is 12.2 Å². The summed E-state index contributed by atoms with van der Waals surface area (Å²) in [4.78, 5) is 0. The van der Waals surface area contributed by atoms with Crippen molar-refractivity contribution in [3.8, 4) is 0 Å². The van der Waals surface area contributed by atoms with Gasteiger partial charge in [0, 0.05) is 12.5 Å². The highest BCUT2D eigenvalue weighted by Gasteiger charge is 2.35. The lowest BCUT2D eigenvalue weighted by Gasteiger charge is -2.17. The molecule has 0 aliphatic carbocycles. The van der Waals surface area contributed by atoms with E-state index in [1.165, 1.54) is 0 Å². The van der Waals surface area contributed by atoms with Crippen LogP contribution in [-0.4, -0.2) is 25.8 Å². The van der Waals surface area contributed by atoms with Crippen LogP contribution in [0.25, 0.3) is 0 Å². The smallest absolute Gasteiger partial charge is 0.0594 e. The Morgan fingerprint density at radius 3 is 2.18 bits per heavy atom. The first-order chi connectivity index (χ1) is 5.16. The molecule has 1 saturated heterocycles. The number of hydrogen-bond donors (Lipinski definition) is 1. The minimum absolute atomic E-state index is 0.424. The maximum Gasteiger partial charge on any atom is 0.0594 e. The summed E-state index contributed by atoms with van der Waals surface area (Å²) in [5.41, 5.74) is 0. The van der Waals surface area contributed by atoms with Crippen LogP contribution < -0.4 is 5.32 Å². The van der Waals surface area contributed by atoms with Crippen LogP contribution in [0.4, 0.5) is 0 Å². The minimum Gasteiger partial charge on any atom is -0.375 e. The van der Waals surface area contributed by atoms with Crippen molar-refractivity contribution in [2.75, 3.05) is 13.6 Å². The van der Waals surface area contributed by atoms with E-state index < -0.39 is 0 Å². The van der Waals surface area contributed by atoms with Gasteiger partial charge < -0.3 is 10.1 Å². The van der Waals surface area contributed by atoms with Crippen LogP contribution in [0, 0.1) is 11.8 Å². The highest BCUT2D eigenvalue weighted by molar-refractivity contribution is 4.84. The van der Waals surface area contributed by atoms with Gasteiger partial charge in [-0.05, 0) is 26.8 Å². The molecule has 11 heavy (non-hydrogen) atoms. The van der Waals surface area contributed by atoms with Gasteiger partial charge in [0.1, 0.15) is 0 Å². The Morgan fingerprint density at radius 2 is 1.82 bits per heavy atom. The van der Waals surface area contributed by atoms with Crippen molar-refractivity contribution in [3.05, 3.63) is 0 Å². The Bertz CT molecular complexity index is 127. The Morgan fingerprint density at radius 1 is 1.18 bits per heavy atom. The fraction of sp³-hybridized carbons (Fsp3) is 1.00. The number of nitrogens with one attached hydrogen (secondary N) is 1. The average Bonchev–Trinajstić information content (AvgIpc) is 2.17. The van der Waals surface area contributed by atoms with E-state index in [9.17, 15) is 0 Å². The summed E-state index contributed by atoms with van der Waals surface area (Å²) in [6.07, 6.45) is 0.857. The zero-order valence-corrected chi connectivity index (χ0v) is 7.92. The predicted octanol–water partition coefficient (Wildman–Crippen LogP) is 1.27. The van der Waals surface area contributed by atoms with Crippen molar-refractivity contribution in [1.29, 1.82) is 0 Å². The molecular weight excluding hydrogens is 138 g/mol. The van der Waals surface area contributed by atoms with Gasteiger partial charge >= 0.3 is 0 Å². The van der Waals surface area contributed by atoms with Crippen molar-refractivity contribution < 1.29 is 4.74 Å². The predicted molar refractivity (Wildman–Crippen MR) is 46.6 cm³/mol. The van der Waals surface area contributed by atoms with E-state index in [0.29, 0.717) is 24.0 Å². The first-order valence-electron chi connectivity index (χ1n) is 4.47. The lowest BCUT2D eigenvalue weighted by atomic mass is 9.90. The van der Waals surface area contributed by atoms with E-state index in [4.69, 9.17) is 4.74 Å². The zero-order valence-electron chi connectivity index (χ0n) is 7.92. The second kappa shape index (κ2) is 3.55. The molecule has 0 aromatic heterocycles. The summed E-state index contributed by atoms with van der Waals surface area (Å²) in [5, 5.41) is 3.21. The van der Waals surface area contributed by atoms with Crippen LogP contribution >= 0.6 is 0 Å². The largest absolute Gasteiger partial charge is 0.375 e. The van der Waals surface area contributed by atoms with Crippen LogP contribution in [-0.2, 0) is 4.74 Å². The molecule has 0 amide bonds. The zero-order chi connectivity index (χ0) is 8.43. The molecule has 1 aliphatic rings. The quantitative estimate of drug-likeness (QED) is 0.651. The first kappa shape index (κ1) is 9.01. The van der Waals surface area contributed by atoms with Crippen molar-refractivity contribution >= 4 is 0 Å². The molecule has 0 saturated carbocycles. The molecule has 4 unspecified atom stereocenters. The second-order valence-electron chi connectivity index (χ2n) is 3.63. The maximum atomic E-state index is 5.70. The monoisotopic (exact) mass is 157 g/mol. The third kappa shape index (κ3) is 1.74. The molecule has 1 heterocycles. The SMILES string of the molecule is CNCC1C(C)OC(C)C1C. The van der Waals surface area contributed by atoms with Crippen molar-refractivity contribution in [2.45, 2.75) is 33.0 Å². The van der Waals surface area contributed by atoms with E-state index in [-0.39, 0.29) is 0 Å². The summed E-state index contributed by atoms with van der Waals surface area (Å²) in [6.45, 7) is 7.68. The molecule has 0 aromatic rings. The molecule has 66 valence electrons. The van der Waals surface area contributed by atoms with Gasteiger partial charge in [-0.2, -0.15) is 0 Å². The van der Waals surface area contributed by atoms with Gasteiger partial charge in [-0.1, -0.05) is 6.92 Å². The van der Waals surface area contributed by atoms with Crippen LogP contribution in [0.3, 0.4) is 0 Å². The molecule has 0 aromatic carbocycles. The van der Waals surface area contributed by atoms with Gasteiger partial charge in [0.15, 0.2) is 0 Å². The minimum atomic E-state index is 0.424.